The highest BCUT2D eigenvalue weighted by molar-refractivity contribution is 8.00. The number of allylic oxidation sites excluding steroid dienone is 1. The number of amides is 1. The average molecular weight is 319 g/mol. The van der Waals surface area contributed by atoms with E-state index in [0.29, 0.717) is 0 Å². The zero-order valence-corrected chi connectivity index (χ0v) is 14.2. The van der Waals surface area contributed by atoms with E-state index in [0.717, 1.165) is 23.6 Å². The first-order valence-electron chi connectivity index (χ1n) is 7.95. The van der Waals surface area contributed by atoms with Crippen LogP contribution < -0.4 is 10.1 Å². The number of rotatable bonds is 7. The molecule has 1 atom stereocenters. The summed E-state index contributed by atoms with van der Waals surface area (Å²) in [4.78, 5) is 13.2. The van der Waals surface area contributed by atoms with Crippen molar-refractivity contribution < 1.29 is 9.53 Å². The van der Waals surface area contributed by atoms with Gasteiger partial charge in [0.2, 0.25) is 5.91 Å². The highest BCUT2D eigenvalue weighted by Gasteiger charge is 2.14. The van der Waals surface area contributed by atoms with Crippen molar-refractivity contribution in [1.29, 1.82) is 0 Å². The summed E-state index contributed by atoms with van der Waals surface area (Å²) in [5.74, 6) is 0.922. The van der Waals surface area contributed by atoms with E-state index in [1.54, 1.807) is 18.9 Å². The lowest BCUT2D eigenvalue weighted by Gasteiger charge is -2.15. The summed E-state index contributed by atoms with van der Waals surface area (Å²) in [7, 11) is 1.65. The number of carbonyl (C=O) groups is 1. The maximum absolute atomic E-state index is 12.2. The molecule has 1 aromatic rings. The Morgan fingerprint density at radius 2 is 2.27 bits per heavy atom. The number of benzene rings is 1. The van der Waals surface area contributed by atoms with Crippen LogP contribution in [0.15, 0.2) is 40.8 Å². The second kappa shape index (κ2) is 8.89. The number of thioether (sulfide) groups is 1. The van der Waals surface area contributed by atoms with Gasteiger partial charge in [0.25, 0.3) is 0 Å². The molecule has 0 heterocycles. The zero-order chi connectivity index (χ0) is 15.8. The predicted molar refractivity (Wildman–Crippen MR) is 92.5 cm³/mol. The van der Waals surface area contributed by atoms with Crippen LogP contribution in [0.4, 0.5) is 0 Å². The van der Waals surface area contributed by atoms with E-state index in [1.807, 2.05) is 31.2 Å². The molecule has 1 aliphatic carbocycles. The molecule has 0 spiro atoms. The van der Waals surface area contributed by atoms with Crippen molar-refractivity contribution >= 4 is 17.7 Å². The highest BCUT2D eigenvalue weighted by Crippen LogP contribution is 2.26. The molecular formula is C18H25NO2S. The van der Waals surface area contributed by atoms with E-state index < -0.39 is 0 Å². The SMILES string of the molecule is COc1cccc(SC(C)C(=O)NCCC2=CCCCC2)c1. The number of methoxy groups -OCH3 is 1. The second-order valence-electron chi connectivity index (χ2n) is 5.59. The monoisotopic (exact) mass is 319 g/mol. The van der Waals surface area contributed by atoms with Gasteiger partial charge in [-0.25, -0.2) is 0 Å². The molecule has 0 bridgehead atoms. The Balaban J connectivity index is 1.75. The fourth-order valence-electron chi connectivity index (χ4n) is 2.55. The number of carbonyl (C=O) groups excluding carboxylic acids is 1. The van der Waals surface area contributed by atoms with Crippen LogP contribution >= 0.6 is 11.8 Å². The standard InChI is InChI=1S/C18H25NO2S/c1-14(22-17-10-6-9-16(13-17)21-2)18(20)19-12-11-15-7-4-3-5-8-15/h6-7,9-10,13-14H,3-5,8,11-12H2,1-2H3,(H,19,20). The van der Waals surface area contributed by atoms with Crippen molar-refractivity contribution in [2.75, 3.05) is 13.7 Å². The molecule has 1 amide bonds. The third-order valence-electron chi connectivity index (χ3n) is 3.85. The van der Waals surface area contributed by atoms with Crippen molar-refractivity contribution in [2.45, 2.75) is 49.2 Å². The largest absolute Gasteiger partial charge is 0.497 e. The van der Waals surface area contributed by atoms with Gasteiger partial charge in [0, 0.05) is 11.4 Å². The van der Waals surface area contributed by atoms with Crippen LogP contribution in [0.25, 0.3) is 0 Å². The topological polar surface area (TPSA) is 38.3 Å². The molecule has 2 rings (SSSR count). The third-order valence-corrected chi connectivity index (χ3v) is 4.95. The minimum absolute atomic E-state index is 0.101. The van der Waals surface area contributed by atoms with E-state index in [1.165, 1.54) is 31.3 Å². The number of ether oxygens (including phenoxy) is 1. The van der Waals surface area contributed by atoms with Gasteiger partial charge in [0.1, 0.15) is 5.75 Å². The Morgan fingerprint density at radius 3 is 3.00 bits per heavy atom. The number of hydrogen-bond donors (Lipinski definition) is 1. The molecule has 1 N–H and O–H groups in total. The molecule has 0 saturated heterocycles. The first-order valence-corrected chi connectivity index (χ1v) is 8.83. The number of hydrogen-bond acceptors (Lipinski definition) is 3. The first kappa shape index (κ1) is 16.9. The van der Waals surface area contributed by atoms with Crippen molar-refractivity contribution in [3.8, 4) is 5.75 Å². The summed E-state index contributed by atoms with van der Waals surface area (Å²) in [5.41, 5.74) is 1.50. The minimum Gasteiger partial charge on any atom is -0.497 e. The molecular weight excluding hydrogens is 294 g/mol. The lowest BCUT2D eigenvalue weighted by atomic mass is 9.97. The summed E-state index contributed by atoms with van der Waals surface area (Å²) >= 11 is 1.56. The summed E-state index contributed by atoms with van der Waals surface area (Å²) in [6, 6.07) is 7.82. The Kier molecular flexibility index (Phi) is 6.84. The van der Waals surface area contributed by atoms with E-state index in [-0.39, 0.29) is 11.2 Å². The van der Waals surface area contributed by atoms with Crippen LogP contribution in [0.2, 0.25) is 0 Å². The minimum atomic E-state index is -0.104. The third kappa shape index (κ3) is 5.41. The molecule has 0 aliphatic heterocycles. The Morgan fingerprint density at radius 1 is 1.41 bits per heavy atom. The van der Waals surface area contributed by atoms with Gasteiger partial charge in [-0.15, -0.1) is 11.8 Å². The van der Waals surface area contributed by atoms with Crippen LogP contribution in [0.5, 0.6) is 5.75 Å². The van der Waals surface area contributed by atoms with Gasteiger partial charge in [-0.2, -0.15) is 0 Å². The van der Waals surface area contributed by atoms with Crippen molar-refractivity contribution in [3.63, 3.8) is 0 Å². The molecule has 1 aliphatic rings. The maximum atomic E-state index is 12.2. The maximum Gasteiger partial charge on any atom is 0.233 e. The van der Waals surface area contributed by atoms with Gasteiger partial charge in [-0.1, -0.05) is 17.7 Å². The van der Waals surface area contributed by atoms with Crippen molar-refractivity contribution in [1.82, 2.24) is 5.32 Å². The summed E-state index contributed by atoms with van der Waals surface area (Å²) in [6.45, 7) is 2.69. The molecule has 0 radical (unpaired) electrons. The summed E-state index contributed by atoms with van der Waals surface area (Å²) in [5, 5.41) is 2.94. The Bertz CT molecular complexity index is 528. The van der Waals surface area contributed by atoms with Crippen LogP contribution in [0.3, 0.4) is 0 Å². The molecule has 4 heteroatoms. The molecule has 0 aromatic heterocycles. The fraction of sp³-hybridized carbons (Fsp3) is 0.500. The first-order chi connectivity index (χ1) is 10.7. The van der Waals surface area contributed by atoms with Gasteiger partial charge in [-0.3, -0.25) is 4.79 Å². The van der Waals surface area contributed by atoms with Crippen LogP contribution in [-0.2, 0) is 4.79 Å². The van der Waals surface area contributed by atoms with E-state index in [2.05, 4.69) is 11.4 Å². The molecule has 1 aromatic carbocycles. The molecule has 0 saturated carbocycles. The van der Waals surface area contributed by atoms with Crippen LogP contribution in [0.1, 0.15) is 39.0 Å². The smallest absolute Gasteiger partial charge is 0.233 e. The molecule has 3 nitrogen and oxygen atoms in total. The van der Waals surface area contributed by atoms with E-state index in [9.17, 15) is 4.79 Å². The Hall–Kier alpha value is -1.42. The normalized spacial score (nSPS) is 15.8. The predicted octanol–water partition coefficient (Wildman–Crippen LogP) is 4.18. The van der Waals surface area contributed by atoms with Crippen molar-refractivity contribution in [2.24, 2.45) is 0 Å². The average Bonchev–Trinajstić information content (AvgIpc) is 2.56. The quantitative estimate of drug-likeness (QED) is 0.605. The number of nitrogens with one attached hydrogen (secondary N) is 1. The van der Waals surface area contributed by atoms with Gasteiger partial charge in [-0.05, 0) is 57.2 Å². The van der Waals surface area contributed by atoms with Gasteiger partial charge >= 0.3 is 0 Å². The van der Waals surface area contributed by atoms with Gasteiger partial charge in [0.15, 0.2) is 0 Å². The van der Waals surface area contributed by atoms with Crippen molar-refractivity contribution in [3.05, 3.63) is 35.9 Å². The molecule has 120 valence electrons. The highest BCUT2D eigenvalue weighted by atomic mass is 32.2. The lowest BCUT2D eigenvalue weighted by molar-refractivity contribution is -0.120. The van der Waals surface area contributed by atoms with Gasteiger partial charge < -0.3 is 10.1 Å². The molecule has 0 fully saturated rings. The second-order valence-corrected chi connectivity index (χ2v) is 7.00. The zero-order valence-electron chi connectivity index (χ0n) is 13.4. The lowest BCUT2D eigenvalue weighted by Crippen LogP contribution is -2.31. The van der Waals surface area contributed by atoms with E-state index >= 15 is 0 Å². The van der Waals surface area contributed by atoms with Crippen LogP contribution in [0, 0.1) is 0 Å². The van der Waals surface area contributed by atoms with Crippen LogP contribution in [-0.4, -0.2) is 24.8 Å². The Labute approximate surface area is 137 Å². The van der Waals surface area contributed by atoms with E-state index in [4.69, 9.17) is 4.74 Å². The van der Waals surface area contributed by atoms with Gasteiger partial charge in [0.05, 0.1) is 12.4 Å². The summed E-state index contributed by atoms with van der Waals surface area (Å²) < 4.78 is 5.21. The molecule has 1 unspecified atom stereocenters. The summed E-state index contributed by atoms with van der Waals surface area (Å²) in [6.07, 6.45) is 8.33. The molecule has 22 heavy (non-hydrogen) atoms. The fourth-order valence-corrected chi connectivity index (χ4v) is 3.49.